The molecule has 0 saturated heterocycles. The van der Waals surface area contributed by atoms with Gasteiger partial charge < -0.3 is 9.14 Å². The van der Waals surface area contributed by atoms with Crippen molar-refractivity contribution >= 4 is 45.9 Å². The van der Waals surface area contributed by atoms with Gasteiger partial charge in [0, 0.05) is 31.1 Å². The minimum Gasteiger partial charge on any atom is -0.455 e. The number of halogens is 2. The Morgan fingerprint density at radius 3 is 2.76 bits per heavy atom. The van der Waals surface area contributed by atoms with Crippen molar-refractivity contribution in [2.75, 3.05) is 0 Å². The number of nitrogens with zero attached hydrogens (tertiary/aromatic N) is 5. The number of rotatable bonds is 4. The van der Waals surface area contributed by atoms with Gasteiger partial charge in [-0.15, -0.1) is 0 Å². The number of aromatic nitrogens is 5. The van der Waals surface area contributed by atoms with Gasteiger partial charge in [0.15, 0.2) is 11.3 Å². The van der Waals surface area contributed by atoms with E-state index in [2.05, 4.69) is 10.1 Å². The highest BCUT2D eigenvalue weighted by molar-refractivity contribution is 6.36. The van der Waals surface area contributed by atoms with E-state index in [1.165, 1.54) is 0 Å². The summed E-state index contributed by atoms with van der Waals surface area (Å²) < 4.78 is 9.01. The highest BCUT2D eigenvalue weighted by atomic mass is 35.5. The van der Waals surface area contributed by atoms with Gasteiger partial charge in [0.1, 0.15) is 6.61 Å². The lowest BCUT2D eigenvalue weighted by molar-refractivity contribution is 0.0470. The van der Waals surface area contributed by atoms with Crippen LogP contribution in [0, 0.1) is 6.92 Å². The smallest absolute Gasteiger partial charge is 0.339 e. The van der Waals surface area contributed by atoms with E-state index >= 15 is 0 Å². The Bertz CT molecular complexity index is 1290. The van der Waals surface area contributed by atoms with Crippen LogP contribution in [0.2, 0.25) is 10.0 Å². The first-order chi connectivity index (χ1) is 13.9. The third kappa shape index (κ3) is 3.24. The summed E-state index contributed by atoms with van der Waals surface area (Å²) in [5, 5.41) is 6.09. The molecule has 29 heavy (non-hydrogen) atoms. The summed E-state index contributed by atoms with van der Waals surface area (Å²) in [7, 11) is 1.83. The van der Waals surface area contributed by atoms with Crippen molar-refractivity contribution in [3.05, 3.63) is 57.2 Å². The summed E-state index contributed by atoms with van der Waals surface area (Å²) >= 11 is 12.2. The van der Waals surface area contributed by atoms with Crippen molar-refractivity contribution in [2.24, 2.45) is 7.05 Å². The molecule has 4 aromatic rings. The van der Waals surface area contributed by atoms with Gasteiger partial charge >= 0.3 is 5.97 Å². The fraction of sp³-hybridized carbons (Fsp3) is 0.300. The van der Waals surface area contributed by atoms with Crippen LogP contribution in [-0.4, -0.2) is 30.1 Å². The molecule has 0 aromatic carbocycles. The van der Waals surface area contributed by atoms with Gasteiger partial charge in [-0.05, 0) is 31.9 Å². The minimum absolute atomic E-state index is 0.0242. The monoisotopic (exact) mass is 429 g/mol. The van der Waals surface area contributed by atoms with Gasteiger partial charge in [-0.25, -0.2) is 14.8 Å². The number of carbonyl (C=O) groups excluding carboxylic acids is 1. The van der Waals surface area contributed by atoms with Crippen LogP contribution in [0.5, 0.6) is 0 Å². The summed E-state index contributed by atoms with van der Waals surface area (Å²) in [5.74, 6) is -0.0110. The highest BCUT2D eigenvalue weighted by Gasteiger charge is 2.29. The zero-order valence-electron chi connectivity index (χ0n) is 15.8. The normalized spacial score (nSPS) is 14.1. The van der Waals surface area contributed by atoms with E-state index in [1.807, 2.05) is 20.0 Å². The molecule has 0 atom stereocenters. The number of esters is 1. The number of carbonyl (C=O) groups is 1. The molecule has 1 fully saturated rings. The number of hydrogen-bond donors (Lipinski definition) is 0. The lowest BCUT2D eigenvalue weighted by atomic mass is 10.1. The summed E-state index contributed by atoms with van der Waals surface area (Å²) in [6.45, 7) is 1.89. The maximum Gasteiger partial charge on any atom is 0.339 e. The van der Waals surface area contributed by atoms with E-state index < -0.39 is 5.97 Å². The third-order valence-corrected chi connectivity index (χ3v) is 5.56. The summed E-state index contributed by atoms with van der Waals surface area (Å²) in [5.41, 5.74) is 4.01. The van der Waals surface area contributed by atoms with Crippen molar-refractivity contribution in [2.45, 2.75) is 32.3 Å². The average Bonchev–Trinajstić information content (AvgIpc) is 3.38. The molecule has 148 valence electrons. The van der Waals surface area contributed by atoms with Crippen LogP contribution in [0.15, 0.2) is 24.5 Å². The van der Waals surface area contributed by atoms with Crippen molar-refractivity contribution < 1.29 is 9.53 Å². The largest absolute Gasteiger partial charge is 0.455 e. The van der Waals surface area contributed by atoms with Gasteiger partial charge in [-0.2, -0.15) is 5.10 Å². The second-order valence-electron chi connectivity index (χ2n) is 7.32. The number of imidazole rings is 1. The Hall–Kier alpha value is -2.64. The van der Waals surface area contributed by atoms with Crippen molar-refractivity contribution in [3.8, 4) is 0 Å². The molecule has 0 bridgehead atoms. The Morgan fingerprint density at radius 1 is 1.21 bits per heavy atom. The van der Waals surface area contributed by atoms with Crippen LogP contribution in [0.25, 0.3) is 16.7 Å². The highest BCUT2D eigenvalue weighted by Crippen LogP contribution is 2.40. The van der Waals surface area contributed by atoms with Crippen LogP contribution in [0.3, 0.4) is 0 Å². The predicted octanol–water partition coefficient (Wildman–Crippen LogP) is 4.47. The Morgan fingerprint density at radius 2 is 2.00 bits per heavy atom. The van der Waals surface area contributed by atoms with Crippen molar-refractivity contribution in [3.63, 3.8) is 0 Å². The van der Waals surface area contributed by atoms with Crippen LogP contribution < -0.4 is 0 Å². The second kappa shape index (κ2) is 6.71. The molecule has 1 saturated carbocycles. The second-order valence-corrected chi connectivity index (χ2v) is 8.17. The van der Waals surface area contributed by atoms with E-state index in [4.69, 9.17) is 32.9 Å². The molecule has 1 aliphatic rings. The molecule has 0 spiro atoms. The molecule has 4 aromatic heterocycles. The zero-order valence-corrected chi connectivity index (χ0v) is 17.3. The van der Waals surface area contributed by atoms with Crippen molar-refractivity contribution in [1.82, 2.24) is 24.1 Å². The standard InChI is InChI=1S/C20H17Cl2N5O2/c1-10-17-14(6-16(11-3-4-11)24-19(17)26(2)25-10)20(28)29-9-13-8-27-7-12(21)5-15(22)18(27)23-13/h5-8,11H,3-4,9H2,1-2H3. The van der Waals surface area contributed by atoms with Gasteiger partial charge in [0.2, 0.25) is 0 Å². The maximum absolute atomic E-state index is 13.0. The third-order valence-electron chi connectivity index (χ3n) is 5.08. The zero-order chi connectivity index (χ0) is 20.3. The first kappa shape index (κ1) is 18.4. The molecule has 0 amide bonds. The van der Waals surface area contributed by atoms with Gasteiger partial charge in [-0.1, -0.05) is 23.2 Å². The molecular weight excluding hydrogens is 413 g/mol. The van der Waals surface area contributed by atoms with E-state index in [1.54, 1.807) is 27.5 Å². The molecular formula is C20H17Cl2N5O2. The number of ether oxygens (including phenoxy) is 1. The fourth-order valence-electron chi connectivity index (χ4n) is 3.58. The fourth-order valence-corrected chi connectivity index (χ4v) is 4.10. The molecule has 0 aliphatic heterocycles. The Balaban J connectivity index is 1.46. The molecule has 0 unspecified atom stereocenters. The molecule has 9 heteroatoms. The molecule has 0 radical (unpaired) electrons. The topological polar surface area (TPSA) is 74.3 Å². The lowest BCUT2D eigenvalue weighted by Crippen LogP contribution is -2.08. The number of pyridine rings is 2. The lowest BCUT2D eigenvalue weighted by Gasteiger charge is -2.07. The Kier molecular flexibility index (Phi) is 4.26. The van der Waals surface area contributed by atoms with E-state index in [9.17, 15) is 4.79 Å². The first-order valence-electron chi connectivity index (χ1n) is 9.24. The van der Waals surface area contributed by atoms with E-state index in [0.717, 1.165) is 29.6 Å². The van der Waals surface area contributed by atoms with Gasteiger partial charge in [0.05, 0.1) is 32.4 Å². The minimum atomic E-state index is -0.420. The van der Waals surface area contributed by atoms with Crippen LogP contribution in [-0.2, 0) is 18.4 Å². The number of aryl methyl sites for hydroxylation is 2. The SMILES string of the molecule is Cc1nn(C)c2nc(C3CC3)cc(C(=O)OCc3cn4cc(Cl)cc(Cl)c4n3)c12. The number of hydrogen-bond acceptors (Lipinski definition) is 5. The van der Waals surface area contributed by atoms with Gasteiger partial charge in [0.25, 0.3) is 0 Å². The molecule has 4 heterocycles. The Labute approximate surface area is 176 Å². The van der Waals surface area contributed by atoms with Crippen LogP contribution in [0.1, 0.15) is 46.2 Å². The molecule has 0 N–H and O–H groups in total. The summed E-state index contributed by atoms with van der Waals surface area (Å²) in [6, 6.07) is 3.47. The van der Waals surface area contributed by atoms with Crippen molar-refractivity contribution in [1.29, 1.82) is 0 Å². The van der Waals surface area contributed by atoms with Crippen LogP contribution in [0.4, 0.5) is 0 Å². The van der Waals surface area contributed by atoms with E-state index in [0.29, 0.717) is 38.5 Å². The molecule has 5 rings (SSSR count). The summed E-state index contributed by atoms with van der Waals surface area (Å²) in [6.07, 6.45) is 5.63. The first-order valence-corrected chi connectivity index (χ1v) is 10.0. The summed E-state index contributed by atoms with van der Waals surface area (Å²) in [4.78, 5) is 22.1. The van der Waals surface area contributed by atoms with Gasteiger partial charge in [-0.3, -0.25) is 4.68 Å². The molecule has 1 aliphatic carbocycles. The van der Waals surface area contributed by atoms with E-state index in [-0.39, 0.29) is 6.61 Å². The maximum atomic E-state index is 13.0. The average molecular weight is 430 g/mol. The van der Waals surface area contributed by atoms with Crippen LogP contribution >= 0.6 is 23.2 Å². The molecule has 7 nitrogen and oxygen atoms in total. The predicted molar refractivity (Wildman–Crippen MR) is 110 cm³/mol. The number of fused-ring (bicyclic) bond motifs is 2. The quantitative estimate of drug-likeness (QED) is 0.447.